The molecule has 0 fully saturated rings. The number of nitrogens with one attached hydrogen (secondary N) is 1. The molecule has 0 unspecified atom stereocenters. The molecule has 3 rings (SSSR count). The highest BCUT2D eigenvalue weighted by atomic mass is 16.6. The average Bonchev–Trinajstić information content (AvgIpc) is 2.73. The minimum Gasteiger partial charge on any atom is -0.272 e. The predicted octanol–water partition coefficient (Wildman–Crippen LogP) is 5.48. The lowest BCUT2D eigenvalue weighted by Crippen LogP contribution is -2.02. The molecule has 8 nitrogen and oxygen atoms in total. The van der Waals surface area contributed by atoms with Gasteiger partial charge in [0.25, 0.3) is 5.69 Å². The van der Waals surface area contributed by atoms with Crippen LogP contribution >= 0.6 is 0 Å². The Hall–Kier alpha value is -3.81. The summed E-state index contributed by atoms with van der Waals surface area (Å²) in [6.45, 7) is 0. The largest absolute Gasteiger partial charge is 0.301 e. The van der Waals surface area contributed by atoms with E-state index in [2.05, 4.69) is 22.7 Å². The zero-order valence-corrected chi connectivity index (χ0v) is 15.7. The molecule has 148 valence electrons. The summed E-state index contributed by atoms with van der Waals surface area (Å²) in [4.78, 5) is 20.7. The van der Waals surface area contributed by atoms with E-state index in [0.717, 1.165) is 42.9 Å². The number of nitro benzene ring substituents is 2. The minimum atomic E-state index is -0.668. The van der Waals surface area contributed by atoms with Gasteiger partial charge in [-0.1, -0.05) is 42.5 Å². The van der Waals surface area contributed by atoms with Crippen molar-refractivity contribution in [2.45, 2.75) is 25.7 Å². The Bertz CT molecular complexity index is 997. The molecule has 0 spiro atoms. The monoisotopic (exact) mass is 392 g/mol. The van der Waals surface area contributed by atoms with Crippen molar-refractivity contribution in [3.05, 3.63) is 91.5 Å². The van der Waals surface area contributed by atoms with Crippen molar-refractivity contribution in [1.29, 1.82) is 0 Å². The first-order chi connectivity index (χ1) is 14.0. The minimum absolute atomic E-state index is 0.106. The number of rotatable bonds is 7. The van der Waals surface area contributed by atoms with E-state index in [-0.39, 0.29) is 11.4 Å². The molecule has 0 heterocycles. The number of allylic oxidation sites excluding steroid dienone is 3. The average molecular weight is 392 g/mol. The molecular weight excluding hydrogens is 372 g/mol. The maximum atomic E-state index is 11.2. The summed E-state index contributed by atoms with van der Waals surface area (Å²) in [7, 11) is 0. The molecule has 8 heteroatoms. The number of anilines is 1. The predicted molar refractivity (Wildman–Crippen MR) is 113 cm³/mol. The van der Waals surface area contributed by atoms with Gasteiger partial charge in [-0.2, -0.15) is 5.10 Å². The van der Waals surface area contributed by atoms with Crippen molar-refractivity contribution in [3.63, 3.8) is 0 Å². The fraction of sp³-hybridized carbons (Fsp3) is 0.190. The first-order valence-electron chi connectivity index (χ1n) is 9.21. The van der Waals surface area contributed by atoms with Gasteiger partial charge in [0.05, 0.1) is 22.1 Å². The van der Waals surface area contributed by atoms with Crippen LogP contribution in [0, 0.1) is 20.2 Å². The molecule has 0 atom stereocenters. The fourth-order valence-electron chi connectivity index (χ4n) is 3.11. The summed E-state index contributed by atoms with van der Waals surface area (Å²) >= 11 is 0. The zero-order chi connectivity index (χ0) is 20.6. The maximum absolute atomic E-state index is 11.2. The number of hydrogen-bond acceptors (Lipinski definition) is 6. The van der Waals surface area contributed by atoms with Crippen molar-refractivity contribution in [2.75, 3.05) is 5.43 Å². The standard InChI is InChI=1S/C21H20N4O4/c26-24(27)19-12-13-20(21(14-19)25(28)29)23-22-15-18-9-5-4-8-17(18)11-10-16-6-2-1-3-7-16/h1-3,6-7,10-15,23H,4-5,8-9H2/b11-10-,22-15+. The smallest absolute Gasteiger partial charge is 0.272 e. The van der Waals surface area contributed by atoms with Crippen LogP contribution in [0.5, 0.6) is 0 Å². The molecule has 2 aromatic carbocycles. The highest BCUT2D eigenvalue weighted by Gasteiger charge is 2.19. The Labute approximate surface area is 167 Å². The van der Waals surface area contributed by atoms with E-state index < -0.39 is 15.5 Å². The maximum Gasteiger partial charge on any atom is 0.301 e. The number of benzene rings is 2. The second-order valence-electron chi connectivity index (χ2n) is 6.59. The van der Waals surface area contributed by atoms with Crippen LogP contribution in [0.1, 0.15) is 31.2 Å². The lowest BCUT2D eigenvalue weighted by Gasteiger charge is -2.15. The van der Waals surface area contributed by atoms with Crippen LogP contribution in [0.3, 0.4) is 0 Å². The van der Waals surface area contributed by atoms with Gasteiger partial charge in [0.15, 0.2) is 0 Å². The summed E-state index contributed by atoms with van der Waals surface area (Å²) in [5.41, 5.74) is 5.39. The van der Waals surface area contributed by atoms with E-state index in [9.17, 15) is 20.2 Å². The van der Waals surface area contributed by atoms with Gasteiger partial charge in [0, 0.05) is 6.07 Å². The second kappa shape index (κ2) is 9.41. The molecule has 29 heavy (non-hydrogen) atoms. The molecule has 1 aliphatic rings. The Balaban J connectivity index is 1.79. The first kappa shape index (κ1) is 19.9. The Kier molecular flexibility index (Phi) is 6.47. The highest BCUT2D eigenvalue weighted by molar-refractivity contribution is 5.82. The molecule has 1 N–H and O–H groups in total. The van der Waals surface area contributed by atoms with E-state index in [1.54, 1.807) is 6.21 Å². The molecular formula is C21H20N4O4. The van der Waals surface area contributed by atoms with Gasteiger partial charge in [-0.25, -0.2) is 0 Å². The summed E-state index contributed by atoms with van der Waals surface area (Å²) < 4.78 is 0. The van der Waals surface area contributed by atoms with Gasteiger partial charge in [-0.15, -0.1) is 0 Å². The van der Waals surface area contributed by atoms with Gasteiger partial charge in [-0.3, -0.25) is 25.7 Å². The van der Waals surface area contributed by atoms with Crippen LogP contribution in [0.2, 0.25) is 0 Å². The molecule has 0 aromatic heterocycles. The van der Waals surface area contributed by atoms with Crippen LogP contribution in [0.15, 0.2) is 70.9 Å². The van der Waals surface area contributed by atoms with E-state index in [1.165, 1.54) is 17.7 Å². The van der Waals surface area contributed by atoms with Crippen LogP contribution in [0.25, 0.3) is 6.08 Å². The van der Waals surface area contributed by atoms with Crippen molar-refractivity contribution < 1.29 is 9.85 Å². The third kappa shape index (κ3) is 5.35. The SMILES string of the molecule is O=[N+]([O-])c1ccc(N/N=C/C2=C(/C=C\c3ccccc3)CCCC2)c([N+](=O)[O-])c1. The van der Waals surface area contributed by atoms with Gasteiger partial charge in [0.2, 0.25) is 0 Å². The molecule has 0 bridgehead atoms. The normalized spacial score (nSPS) is 14.5. The molecule has 2 aromatic rings. The first-order valence-corrected chi connectivity index (χ1v) is 9.21. The summed E-state index contributed by atoms with van der Waals surface area (Å²) in [6.07, 6.45) is 9.81. The van der Waals surface area contributed by atoms with E-state index in [4.69, 9.17) is 0 Å². The van der Waals surface area contributed by atoms with Crippen molar-refractivity contribution >= 4 is 29.4 Å². The van der Waals surface area contributed by atoms with Gasteiger partial charge >= 0.3 is 5.69 Å². The van der Waals surface area contributed by atoms with Crippen LogP contribution < -0.4 is 5.43 Å². The summed E-state index contributed by atoms with van der Waals surface area (Å²) in [6, 6.07) is 13.4. The van der Waals surface area contributed by atoms with Crippen LogP contribution in [-0.2, 0) is 0 Å². The summed E-state index contributed by atoms with van der Waals surface area (Å²) in [5.74, 6) is 0. The number of hydrogen-bond donors (Lipinski definition) is 1. The lowest BCUT2D eigenvalue weighted by molar-refractivity contribution is -0.393. The Morgan fingerprint density at radius 1 is 0.897 bits per heavy atom. The third-order valence-corrected chi connectivity index (χ3v) is 4.63. The second-order valence-corrected chi connectivity index (χ2v) is 6.59. The topological polar surface area (TPSA) is 111 Å². The summed E-state index contributed by atoms with van der Waals surface area (Å²) in [5, 5.41) is 26.2. The van der Waals surface area contributed by atoms with Crippen molar-refractivity contribution in [3.8, 4) is 0 Å². The molecule has 0 saturated carbocycles. The van der Waals surface area contributed by atoms with Crippen LogP contribution in [-0.4, -0.2) is 16.1 Å². The van der Waals surface area contributed by atoms with Gasteiger partial charge in [-0.05, 0) is 48.5 Å². The third-order valence-electron chi connectivity index (χ3n) is 4.63. The van der Waals surface area contributed by atoms with E-state index >= 15 is 0 Å². The van der Waals surface area contributed by atoms with E-state index in [0.29, 0.717) is 0 Å². The molecule has 0 radical (unpaired) electrons. The number of nitrogens with zero attached hydrogens (tertiary/aromatic N) is 3. The number of nitro groups is 2. The molecule has 1 aliphatic carbocycles. The van der Waals surface area contributed by atoms with Crippen molar-refractivity contribution in [1.82, 2.24) is 0 Å². The lowest BCUT2D eigenvalue weighted by atomic mass is 9.92. The van der Waals surface area contributed by atoms with Gasteiger partial charge in [0.1, 0.15) is 5.69 Å². The molecule has 0 aliphatic heterocycles. The Morgan fingerprint density at radius 3 is 2.31 bits per heavy atom. The number of non-ortho nitro benzene ring substituents is 1. The van der Waals surface area contributed by atoms with Crippen molar-refractivity contribution in [2.24, 2.45) is 5.10 Å². The fourth-order valence-corrected chi connectivity index (χ4v) is 3.11. The quantitative estimate of drug-likeness (QED) is 0.381. The zero-order valence-electron chi connectivity index (χ0n) is 15.7. The number of hydrazone groups is 1. The van der Waals surface area contributed by atoms with E-state index in [1.807, 2.05) is 30.3 Å². The molecule has 0 amide bonds. The molecule has 0 saturated heterocycles. The highest BCUT2D eigenvalue weighted by Crippen LogP contribution is 2.29. The Morgan fingerprint density at radius 2 is 1.62 bits per heavy atom. The van der Waals surface area contributed by atoms with Crippen LogP contribution in [0.4, 0.5) is 17.1 Å². The van der Waals surface area contributed by atoms with Gasteiger partial charge < -0.3 is 0 Å².